The lowest BCUT2D eigenvalue weighted by atomic mass is 10.0. The first-order valence-corrected chi connectivity index (χ1v) is 6.41. The Kier molecular flexibility index (Phi) is 5.40. The van der Waals surface area contributed by atoms with Gasteiger partial charge in [0.25, 0.3) is 11.6 Å². The molecule has 0 fully saturated rings. The van der Waals surface area contributed by atoms with Gasteiger partial charge in [-0.15, -0.1) is 0 Å². The van der Waals surface area contributed by atoms with Crippen LogP contribution >= 0.6 is 0 Å². The number of aryl methyl sites for hydroxylation is 1. The number of rotatable bonds is 5. The van der Waals surface area contributed by atoms with E-state index in [1.807, 2.05) is 0 Å². The maximum atomic E-state index is 12.1. The average molecular weight is 294 g/mol. The second-order valence-electron chi connectivity index (χ2n) is 4.98. The quantitative estimate of drug-likeness (QED) is 0.507. The van der Waals surface area contributed by atoms with Gasteiger partial charge < -0.3 is 10.1 Å². The van der Waals surface area contributed by atoms with Crippen molar-refractivity contribution in [1.29, 1.82) is 0 Å². The molecule has 1 rings (SSSR count). The lowest BCUT2D eigenvalue weighted by molar-refractivity contribution is -0.385. The van der Waals surface area contributed by atoms with E-state index >= 15 is 0 Å². The largest absolute Gasteiger partial charge is 0.467 e. The molecule has 114 valence electrons. The van der Waals surface area contributed by atoms with Crippen molar-refractivity contribution >= 4 is 17.6 Å². The van der Waals surface area contributed by atoms with E-state index in [9.17, 15) is 19.7 Å². The molecule has 1 unspecified atom stereocenters. The summed E-state index contributed by atoms with van der Waals surface area (Å²) in [6.45, 7) is 5.11. The van der Waals surface area contributed by atoms with Crippen molar-refractivity contribution in [3.05, 3.63) is 39.4 Å². The van der Waals surface area contributed by atoms with Crippen LogP contribution in [0.1, 0.15) is 29.8 Å². The topological polar surface area (TPSA) is 98.5 Å². The van der Waals surface area contributed by atoms with Gasteiger partial charge in [-0.3, -0.25) is 14.9 Å². The first kappa shape index (κ1) is 16.6. The maximum absolute atomic E-state index is 12.1. The van der Waals surface area contributed by atoms with E-state index in [-0.39, 0.29) is 17.2 Å². The summed E-state index contributed by atoms with van der Waals surface area (Å²) in [6.07, 6.45) is 0. The van der Waals surface area contributed by atoms with Gasteiger partial charge in [0.2, 0.25) is 0 Å². The van der Waals surface area contributed by atoms with Crippen LogP contribution in [0, 0.1) is 23.0 Å². The number of benzene rings is 1. The molecule has 0 aliphatic heterocycles. The molecule has 1 aromatic rings. The summed E-state index contributed by atoms with van der Waals surface area (Å²) in [4.78, 5) is 34.0. The number of nitro groups is 1. The molecule has 0 aliphatic carbocycles. The maximum Gasteiger partial charge on any atom is 0.328 e. The average Bonchev–Trinajstić information content (AvgIpc) is 2.42. The van der Waals surface area contributed by atoms with Crippen molar-refractivity contribution in [3.63, 3.8) is 0 Å². The highest BCUT2D eigenvalue weighted by atomic mass is 16.6. The van der Waals surface area contributed by atoms with E-state index in [2.05, 4.69) is 10.1 Å². The molecule has 0 aromatic heterocycles. The third-order valence-corrected chi connectivity index (χ3v) is 3.06. The smallest absolute Gasteiger partial charge is 0.328 e. The monoisotopic (exact) mass is 294 g/mol. The fourth-order valence-corrected chi connectivity index (χ4v) is 1.85. The number of carbonyl (C=O) groups is 2. The minimum absolute atomic E-state index is 0.0556. The molecule has 0 bridgehead atoms. The van der Waals surface area contributed by atoms with Gasteiger partial charge in [0, 0.05) is 17.2 Å². The summed E-state index contributed by atoms with van der Waals surface area (Å²) in [5.74, 6) is -1.14. The Morgan fingerprint density at radius 1 is 1.33 bits per heavy atom. The number of nitro benzene ring substituents is 1. The first-order valence-electron chi connectivity index (χ1n) is 6.41. The highest BCUT2D eigenvalue weighted by molar-refractivity contribution is 5.97. The molecule has 7 nitrogen and oxygen atoms in total. The van der Waals surface area contributed by atoms with Crippen LogP contribution in [0.5, 0.6) is 0 Å². The third kappa shape index (κ3) is 4.01. The Hall–Kier alpha value is -2.44. The number of nitrogens with one attached hydrogen (secondary N) is 1. The summed E-state index contributed by atoms with van der Waals surface area (Å²) in [7, 11) is 1.25. The van der Waals surface area contributed by atoms with Crippen LogP contribution in [-0.2, 0) is 9.53 Å². The molecular formula is C14H18N2O5. The third-order valence-electron chi connectivity index (χ3n) is 3.06. The van der Waals surface area contributed by atoms with Gasteiger partial charge in [0.1, 0.15) is 6.04 Å². The SMILES string of the molecule is COC(=O)C(NC(=O)c1ccc([N+](=O)[O-])c(C)c1)C(C)C. The second-order valence-corrected chi connectivity index (χ2v) is 4.98. The number of ether oxygens (including phenoxy) is 1. The Labute approximate surface area is 122 Å². The highest BCUT2D eigenvalue weighted by Gasteiger charge is 2.25. The minimum Gasteiger partial charge on any atom is -0.467 e. The summed E-state index contributed by atoms with van der Waals surface area (Å²) < 4.78 is 4.64. The summed E-state index contributed by atoms with van der Waals surface area (Å²) >= 11 is 0. The predicted octanol–water partition coefficient (Wildman–Crippen LogP) is 1.83. The Morgan fingerprint density at radius 2 is 1.95 bits per heavy atom. The number of carbonyl (C=O) groups excluding carboxylic acids is 2. The van der Waals surface area contributed by atoms with Gasteiger partial charge >= 0.3 is 5.97 Å². The van der Waals surface area contributed by atoms with Crippen molar-refractivity contribution in [2.75, 3.05) is 7.11 Å². The number of hydrogen-bond donors (Lipinski definition) is 1. The fraction of sp³-hybridized carbons (Fsp3) is 0.429. The van der Waals surface area contributed by atoms with Gasteiger partial charge in [0.15, 0.2) is 0 Å². The first-order chi connectivity index (χ1) is 9.77. The molecule has 21 heavy (non-hydrogen) atoms. The number of hydrogen-bond acceptors (Lipinski definition) is 5. The summed E-state index contributed by atoms with van der Waals surface area (Å²) in [5.41, 5.74) is 0.583. The van der Waals surface area contributed by atoms with Crippen LogP contribution < -0.4 is 5.32 Å². The Balaban J connectivity index is 2.96. The van der Waals surface area contributed by atoms with E-state index < -0.39 is 22.8 Å². The van der Waals surface area contributed by atoms with Crippen LogP contribution in [0.2, 0.25) is 0 Å². The van der Waals surface area contributed by atoms with Crippen LogP contribution in [-0.4, -0.2) is 30.0 Å². The molecule has 0 heterocycles. The molecule has 1 amide bonds. The second kappa shape index (κ2) is 6.83. The van der Waals surface area contributed by atoms with Gasteiger partial charge in [0.05, 0.1) is 12.0 Å². The standard InChI is InChI=1S/C14H18N2O5/c1-8(2)12(14(18)21-4)15-13(17)10-5-6-11(16(19)20)9(3)7-10/h5-8,12H,1-4H3,(H,15,17). The fourth-order valence-electron chi connectivity index (χ4n) is 1.85. The molecule has 0 aliphatic rings. The normalized spacial score (nSPS) is 11.9. The van der Waals surface area contributed by atoms with E-state index in [4.69, 9.17) is 0 Å². The number of amides is 1. The Bertz CT molecular complexity index is 568. The van der Waals surface area contributed by atoms with E-state index in [0.717, 1.165) is 0 Å². The molecule has 1 N–H and O–H groups in total. The lowest BCUT2D eigenvalue weighted by Gasteiger charge is -2.19. The number of methoxy groups -OCH3 is 1. The molecule has 7 heteroatoms. The van der Waals surface area contributed by atoms with Crippen molar-refractivity contribution in [2.45, 2.75) is 26.8 Å². The zero-order valence-electron chi connectivity index (χ0n) is 12.4. The van der Waals surface area contributed by atoms with Gasteiger partial charge in [-0.25, -0.2) is 4.79 Å². The molecular weight excluding hydrogens is 276 g/mol. The molecule has 0 saturated carbocycles. The van der Waals surface area contributed by atoms with Crippen LogP contribution in [0.3, 0.4) is 0 Å². The number of esters is 1. The van der Waals surface area contributed by atoms with Crippen LogP contribution in [0.4, 0.5) is 5.69 Å². The molecule has 0 radical (unpaired) electrons. The molecule has 1 atom stereocenters. The summed E-state index contributed by atoms with van der Waals surface area (Å²) in [6, 6.07) is 3.28. The van der Waals surface area contributed by atoms with E-state index in [1.165, 1.54) is 25.3 Å². The zero-order valence-corrected chi connectivity index (χ0v) is 12.4. The van der Waals surface area contributed by atoms with Crippen molar-refractivity contribution in [2.24, 2.45) is 5.92 Å². The van der Waals surface area contributed by atoms with Crippen molar-refractivity contribution in [3.8, 4) is 0 Å². The van der Waals surface area contributed by atoms with Crippen LogP contribution in [0.25, 0.3) is 0 Å². The lowest BCUT2D eigenvalue weighted by Crippen LogP contribution is -2.45. The predicted molar refractivity (Wildman–Crippen MR) is 75.9 cm³/mol. The van der Waals surface area contributed by atoms with Gasteiger partial charge in [-0.2, -0.15) is 0 Å². The van der Waals surface area contributed by atoms with E-state index in [1.54, 1.807) is 20.8 Å². The van der Waals surface area contributed by atoms with Gasteiger partial charge in [-0.1, -0.05) is 13.8 Å². The van der Waals surface area contributed by atoms with Crippen LogP contribution in [0.15, 0.2) is 18.2 Å². The molecule has 0 saturated heterocycles. The highest BCUT2D eigenvalue weighted by Crippen LogP contribution is 2.19. The van der Waals surface area contributed by atoms with Gasteiger partial charge in [-0.05, 0) is 25.0 Å². The Morgan fingerprint density at radius 3 is 2.38 bits per heavy atom. The van der Waals surface area contributed by atoms with Crippen molar-refractivity contribution in [1.82, 2.24) is 5.32 Å². The zero-order chi connectivity index (χ0) is 16.2. The van der Waals surface area contributed by atoms with E-state index in [0.29, 0.717) is 5.56 Å². The minimum atomic E-state index is -0.766. The molecule has 1 aromatic carbocycles. The number of nitrogens with zero attached hydrogens (tertiary/aromatic N) is 1. The summed E-state index contributed by atoms with van der Waals surface area (Å²) in [5, 5.41) is 13.3. The van der Waals surface area contributed by atoms with Crippen molar-refractivity contribution < 1.29 is 19.2 Å². The molecule has 0 spiro atoms.